The van der Waals surface area contributed by atoms with E-state index < -0.39 is 0 Å². The standard InChI is InChI=1S/C16H23N3O2/c1-5-14(10-17)18-6-8-19(9-7-18)16(20)15-11(2)12(3)21-13(15)4/h14H,5-9H2,1-4H3. The van der Waals surface area contributed by atoms with Gasteiger partial charge in [0.1, 0.15) is 11.5 Å². The molecule has 1 aromatic heterocycles. The molecule has 0 radical (unpaired) electrons. The van der Waals surface area contributed by atoms with Gasteiger partial charge in [-0.25, -0.2) is 0 Å². The Kier molecular flexibility index (Phi) is 4.69. The van der Waals surface area contributed by atoms with Crippen molar-refractivity contribution < 1.29 is 9.21 Å². The van der Waals surface area contributed by atoms with Crippen LogP contribution in [0.3, 0.4) is 0 Å². The maximum absolute atomic E-state index is 12.7. The molecule has 0 saturated carbocycles. The second-order valence-corrected chi connectivity index (χ2v) is 5.60. The van der Waals surface area contributed by atoms with Gasteiger partial charge in [-0.1, -0.05) is 6.92 Å². The van der Waals surface area contributed by atoms with E-state index in [2.05, 4.69) is 11.0 Å². The summed E-state index contributed by atoms with van der Waals surface area (Å²) in [5, 5.41) is 9.12. The van der Waals surface area contributed by atoms with E-state index in [1.54, 1.807) is 0 Å². The largest absolute Gasteiger partial charge is 0.466 e. The Morgan fingerprint density at radius 2 is 1.86 bits per heavy atom. The molecule has 2 heterocycles. The lowest BCUT2D eigenvalue weighted by Gasteiger charge is -2.36. The number of amides is 1. The molecule has 0 N–H and O–H groups in total. The molecule has 1 unspecified atom stereocenters. The van der Waals surface area contributed by atoms with Crippen LogP contribution in [0.2, 0.25) is 0 Å². The Morgan fingerprint density at radius 3 is 2.29 bits per heavy atom. The summed E-state index contributed by atoms with van der Waals surface area (Å²) in [6, 6.07) is 2.29. The van der Waals surface area contributed by atoms with E-state index in [0.29, 0.717) is 24.4 Å². The molecular formula is C16H23N3O2. The van der Waals surface area contributed by atoms with Crippen LogP contribution in [-0.4, -0.2) is 47.9 Å². The molecule has 0 aromatic carbocycles. The van der Waals surface area contributed by atoms with Crippen LogP contribution < -0.4 is 0 Å². The molecule has 5 heteroatoms. The number of nitrogens with zero attached hydrogens (tertiary/aromatic N) is 3. The summed E-state index contributed by atoms with van der Waals surface area (Å²) < 4.78 is 5.55. The summed E-state index contributed by atoms with van der Waals surface area (Å²) in [6.07, 6.45) is 0.823. The zero-order chi connectivity index (χ0) is 15.6. The number of hydrogen-bond acceptors (Lipinski definition) is 4. The SMILES string of the molecule is CCC(C#N)N1CCN(C(=O)c2c(C)oc(C)c2C)CC1. The predicted molar refractivity (Wildman–Crippen MR) is 80.1 cm³/mol. The van der Waals surface area contributed by atoms with E-state index in [0.717, 1.165) is 30.8 Å². The minimum atomic E-state index is -0.0399. The van der Waals surface area contributed by atoms with Gasteiger partial charge in [-0.05, 0) is 27.2 Å². The van der Waals surface area contributed by atoms with Crippen molar-refractivity contribution in [1.82, 2.24) is 9.80 Å². The highest BCUT2D eigenvalue weighted by Gasteiger charge is 2.28. The third kappa shape index (κ3) is 2.96. The predicted octanol–water partition coefficient (Wildman–Crippen LogP) is 2.26. The highest BCUT2D eigenvalue weighted by atomic mass is 16.3. The number of nitriles is 1. The van der Waals surface area contributed by atoms with Gasteiger partial charge in [-0.3, -0.25) is 9.69 Å². The van der Waals surface area contributed by atoms with E-state index in [1.807, 2.05) is 32.6 Å². The highest BCUT2D eigenvalue weighted by Crippen LogP contribution is 2.23. The number of hydrogen-bond donors (Lipinski definition) is 0. The fourth-order valence-corrected chi connectivity index (χ4v) is 2.93. The third-order valence-corrected chi connectivity index (χ3v) is 4.35. The molecule has 1 aromatic rings. The van der Waals surface area contributed by atoms with Gasteiger partial charge < -0.3 is 9.32 Å². The van der Waals surface area contributed by atoms with E-state index in [9.17, 15) is 4.79 Å². The van der Waals surface area contributed by atoms with Crippen molar-refractivity contribution in [1.29, 1.82) is 5.26 Å². The van der Waals surface area contributed by atoms with Crippen molar-refractivity contribution >= 4 is 5.91 Å². The van der Waals surface area contributed by atoms with Crippen LogP contribution >= 0.6 is 0 Å². The topological polar surface area (TPSA) is 60.5 Å². The summed E-state index contributed by atoms with van der Waals surface area (Å²) in [5.41, 5.74) is 1.64. The monoisotopic (exact) mass is 289 g/mol. The Balaban J connectivity index is 2.06. The summed E-state index contributed by atoms with van der Waals surface area (Å²) in [6.45, 7) is 10.5. The first kappa shape index (κ1) is 15.6. The normalized spacial score (nSPS) is 17.6. The lowest BCUT2D eigenvalue weighted by Crippen LogP contribution is -2.51. The van der Waals surface area contributed by atoms with Gasteiger partial charge in [0.25, 0.3) is 5.91 Å². The van der Waals surface area contributed by atoms with Crippen LogP contribution in [0, 0.1) is 32.1 Å². The maximum Gasteiger partial charge on any atom is 0.257 e. The first-order chi connectivity index (χ1) is 9.99. The van der Waals surface area contributed by atoms with Gasteiger partial charge in [0, 0.05) is 31.7 Å². The molecule has 114 valence electrons. The summed E-state index contributed by atoms with van der Waals surface area (Å²) in [4.78, 5) is 16.7. The van der Waals surface area contributed by atoms with Gasteiger partial charge in [0.2, 0.25) is 0 Å². The quantitative estimate of drug-likeness (QED) is 0.856. The van der Waals surface area contributed by atoms with Crippen LogP contribution in [0.15, 0.2) is 4.42 Å². The van der Waals surface area contributed by atoms with Gasteiger partial charge in [-0.2, -0.15) is 5.26 Å². The van der Waals surface area contributed by atoms with Crippen LogP contribution in [0.5, 0.6) is 0 Å². The van der Waals surface area contributed by atoms with Crippen molar-refractivity contribution in [2.45, 2.75) is 40.2 Å². The van der Waals surface area contributed by atoms with Gasteiger partial charge in [0.15, 0.2) is 0 Å². The van der Waals surface area contributed by atoms with Crippen molar-refractivity contribution in [3.63, 3.8) is 0 Å². The first-order valence-electron chi connectivity index (χ1n) is 7.49. The van der Waals surface area contributed by atoms with E-state index in [-0.39, 0.29) is 11.9 Å². The molecule has 1 aliphatic rings. The molecule has 1 amide bonds. The molecule has 2 rings (SSSR count). The van der Waals surface area contributed by atoms with Crippen LogP contribution in [-0.2, 0) is 0 Å². The summed E-state index contributed by atoms with van der Waals surface area (Å²) in [7, 11) is 0. The summed E-state index contributed by atoms with van der Waals surface area (Å²) >= 11 is 0. The van der Waals surface area contributed by atoms with E-state index in [4.69, 9.17) is 9.68 Å². The van der Waals surface area contributed by atoms with Crippen molar-refractivity contribution in [3.8, 4) is 6.07 Å². The molecule has 1 fully saturated rings. The number of aryl methyl sites for hydroxylation is 2. The first-order valence-corrected chi connectivity index (χ1v) is 7.49. The Hall–Kier alpha value is -1.80. The van der Waals surface area contributed by atoms with Gasteiger partial charge in [0.05, 0.1) is 17.7 Å². The van der Waals surface area contributed by atoms with E-state index >= 15 is 0 Å². The molecule has 21 heavy (non-hydrogen) atoms. The lowest BCUT2D eigenvalue weighted by atomic mass is 10.1. The second-order valence-electron chi connectivity index (χ2n) is 5.60. The Morgan fingerprint density at radius 1 is 1.24 bits per heavy atom. The number of furan rings is 1. The molecule has 1 aliphatic heterocycles. The molecule has 0 aliphatic carbocycles. The minimum absolute atomic E-state index is 0.0399. The van der Waals surface area contributed by atoms with Crippen molar-refractivity contribution in [2.75, 3.05) is 26.2 Å². The molecule has 0 bridgehead atoms. The Bertz CT molecular complexity index is 563. The molecule has 5 nitrogen and oxygen atoms in total. The molecule has 1 saturated heterocycles. The van der Waals surface area contributed by atoms with E-state index in [1.165, 1.54) is 0 Å². The zero-order valence-corrected chi connectivity index (χ0v) is 13.3. The lowest BCUT2D eigenvalue weighted by molar-refractivity contribution is 0.0602. The fraction of sp³-hybridized carbons (Fsp3) is 0.625. The average molecular weight is 289 g/mol. The van der Waals surface area contributed by atoms with Gasteiger partial charge in [-0.15, -0.1) is 0 Å². The highest BCUT2D eigenvalue weighted by molar-refractivity contribution is 5.97. The average Bonchev–Trinajstić information content (AvgIpc) is 2.73. The van der Waals surface area contributed by atoms with Crippen LogP contribution in [0.25, 0.3) is 0 Å². The fourth-order valence-electron chi connectivity index (χ4n) is 2.93. The van der Waals surface area contributed by atoms with Crippen molar-refractivity contribution in [2.24, 2.45) is 0 Å². The third-order valence-electron chi connectivity index (χ3n) is 4.35. The maximum atomic E-state index is 12.7. The van der Waals surface area contributed by atoms with Crippen LogP contribution in [0.4, 0.5) is 0 Å². The number of rotatable bonds is 3. The number of carbonyl (C=O) groups excluding carboxylic acids is 1. The number of carbonyl (C=O) groups is 1. The zero-order valence-electron chi connectivity index (χ0n) is 13.3. The second kappa shape index (κ2) is 6.31. The van der Waals surface area contributed by atoms with Gasteiger partial charge >= 0.3 is 0 Å². The summed E-state index contributed by atoms with van der Waals surface area (Å²) in [5.74, 6) is 1.55. The molecular weight excluding hydrogens is 266 g/mol. The molecule has 0 spiro atoms. The molecule has 1 atom stereocenters. The smallest absolute Gasteiger partial charge is 0.257 e. The van der Waals surface area contributed by atoms with Crippen molar-refractivity contribution in [3.05, 3.63) is 22.6 Å². The minimum Gasteiger partial charge on any atom is -0.466 e. The Labute approximate surface area is 126 Å². The van der Waals surface area contributed by atoms with Crippen LogP contribution in [0.1, 0.15) is 40.8 Å². The number of piperazine rings is 1.